The monoisotopic (exact) mass is 376 g/mol. The van der Waals surface area contributed by atoms with E-state index in [9.17, 15) is 14.4 Å². The van der Waals surface area contributed by atoms with Gasteiger partial charge in [0.15, 0.2) is 6.61 Å². The highest BCUT2D eigenvalue weighted by molar-refractivity contribution is 5.94. The number of likely N-dealkylation sites (tertiary alicyclic amines) is 1. The molecule has 1 aliphatic heterocycles. The van der Waals surface area contributed by atoms with Gasteiger partial charge in [0.2, 0.25) is 11.8 Å². The molecule has 1 heterocycles. The number of ether oxygens (including phenoxy) is 1. The van der Waals surface area contributed by atoms with E-state index in [2.05, 4.69) is 5.32 Å². The summed E-state index contributed by atoms with van der Waals surface area (Å²) in [4.78, 5) is 37.4. The maximum atomic E-state index is 12.7. The second kappa shape index (κ2) is 9.39. The number of hydrogen-bond acceptors (Lipinski definition) is 4. The van der Waals surface area contributed by atoms with Gasteiger partial charge in [-0.25, -0.2) is 4.79 Å². The van der Waals surface area contributed by atoms with Crippen LogP contribution >= 0.6 is 0 Å². The van der Waals surface area contributed by atoms with Crippen LogP contribution in [0.2, 0.25) is 0 Å². The molecule has 2 amide bonds. The van der Waals surface area contributed by atoms with Crippen molar-refractivity contribution in [3.05, 3.63) is 23.8 Å². The topological polar surface area (TPSA) is 95.9 Å². The van der Waals surface area contributed by atoms with Crippen molar-refractivity contribution in [2.24, 2.45) is 11.8 Å². The van der Waals surface area contributed by atoms with Gasteiger partial charge in [-0.05, 0) is 49.9 Å². The third-order valence-corrected chi connectivity index (χ3v) is 4.96. The number of anilines is 1. The van der Waals surface area contributed by atoms with Crippen LogP contribution in [-0.4, -0.2) is 47.5 Å². The number of aryl methyl sites for hydroxylation is 1. The zero-order valence-electron chi connectivity index (χ0n) is 16.2. The first kappa shape index (κ1) is 20.7. The number of carbonyl (C=O) groups is 3. The lowest BCUT2D eigenvalue weighted by Gasteiger charge is -2.33. The Labute approximate surface area is 159 Å². The van der Waals surface area contributed by atoms with E-state index in [0.29, 0.717) is 24.5 Å². The average molecular weight is 376 g/mol. The number of nitrogens with one attached hydrogen (secondary N) is 1. The molecular formula is C20H28N2O5. The van der Waals surface area contributed by atoms with Crippen LogP contribution in [0.4, 0.5) is 5.69 Å². The quantitative estimate of drug-likeness (QED) is 0.763. The normalized spacial score (nSPS) is 17.9. The van der Waals surface area contributed by atoms with E-state index in [1.54, 1.807) is 23.1 Å². The van der Waals surface area contributed by atoms with Gasteiger partial charge in [-0.3, -0.25) is 9.59 Å². The van der Waals surface area contributed by atoms with Gasteiger partial charge in [-0.2, -0.15) is 0 Å². The molecule has 2 N–H and O–H groups in total. The fraction of sp³-hybridized carbons (Fsp3) is 0.550. The molecule has 1 aliphatic rings. The number of carboxylic acids is 1. The van der Waals surface area contributed by atoms with Crippen LogP contribution in [0.3, 0.4) is 0 Å². The molecule has 2 rings (SSSR count). The summed E-state index contributed by atoms with van der Waals surface area (Å²) in [5.74, 6) is -0.832. The fourth-order valence-corrected chi connectivity index (χ4v) is 3.12. The Morgan fingerprint density at radius 3 is 2.74 bits per heavy atom. The highest BCUT2D eigenvalue weighted by atomic mass is 16.5. The van der Waals surface area contributed by atoms with Gasteiger partial charge in [0.25, 0.3) is 0 Å². The third kappa shape index (κ3) is 5.70. The summed E-state index contributed by atoms with van der Waals surface area (Å²) in [6, 6.07) is 5.03. The molecular weight excluding hydrogens is 348 g/mol. The molecule has 148 valence electrons. The van der Waals surface area contributed by atoms with Crippen molar-refractivity contribution in [2.75, 3.05) is 25.0 Å². The van der Waals surface area contributed by atoms with Crippen molar-refractivity contribution in [1.29, 1.82) is 0 Å². The fourth-order valence-electron chi connectivity index (χ4n) is 3.12. The number of carboxylic acid groups (broad SMARTS) is 1. The highest BCUT2D eigenvalue weighted by Crippen LogP contribution is 2.24. The Morgan fingerprint density at radius 2 is 2.11 bits per heavy atom. The van der Waals surface area contributed by atoms with Crippen molar-refractivity contribution in [3.63, 3.8) is 0 Å². The number of piperidine rings is 1. The van der Waals surface area contributed by atoms with Crippen molar-refractivity contribution in [2.45, 2.75) is 40.0 Å². The smallest absolute Gasteiger partial charge is 0.341 e. The van der Waals surface area contributed by atoms with Gasteiger partial charge in [0.05, 0.1) is 5.92 Å². The van der Waals surface area contributed by atoms with E-state index in [1.807, 2.05) is 20.8 Å². The molecule has 7 heteroatoms. The Hall–Kier alpha value is -2.57. The number of amides is 2. The van der Waals surface area contributed by atoms with Crippen LogP contribution in [-0.2, 0) is 14.4 Å². The number of nitrogens with zero attached hydrogens (tertiary/aromatic N) is 1. The molecule has 1 fully saturated rings. The average Bonchev–Trinajstić information content (AvgIpc) is 2.67. The van der Waals surface area contributed by atoms with Gasteiger partial charge >= 0.3 is 5.97 Å². The third-order valence-electron chi connectivity index (χ3n) is 4.96. The minimum Gasteiger partial charge on any atom is -0.482 e. The summed E-state index contributed by atoms with van der Waals surface area (Å²) in [6.07, 6.45) is 2.37. The summed E-state index contributed by atoms with van der Waals surface area (Å²) in [5.41, 5.74) is 1.45. The predicted molar refractivity (Wildman–Crippen MR) is 102 cm³/mol. The predicted octanol–water partition coefficient (Wildman–Crippen LogP) is 2.68. The van der Waals surface area contributed by atoms with Gasteiger partial charge < -0.3 is 20.1 Å². The minimum atomic E-state index is -1.04. The first-order valence-electron chi connectivity index (χ1n) is 9.36. The van der Waals surface area contributed by atoms with E-state index in [1.165, 1.54) is 0 Å². The van der Waals surface area contributed by atoms with Crippen LogP contribution in [0.5, 0.6) is 5.75 Å². The lowest BCUT2D eigenvalue weighted by atomic mass is 9.95. The molecule has 0 bridgehead atoms. The van der Waals surface area contributed by atoms with Crippen molar-refractivity contribution in [3.8, 4) is 5.75 Å². The number of aliphatic carboxylic acids is 1. The Bertz CT molecular complexity index is 704. The van der Waals surface area contributed by atoms with Crippen LogP contribution in [0.25, 0.3) is 0 Å². The molecule has 0 spiro atoms. The van der Waals surface area contributed by atoms with E-state index >= 15 is 0 Å². The summed E-state index contributed by atoms with van der Waals surface area (Å²) < 4.78 is 5.14. The summed E-state index contributed by atoms with van der Waals surface area (Å²) in [5, 5.41) is 11.6. The van der Waals surface area contributed by atoms with E-state index in [0.717, 1.165) is 24.8 Å². The zero-order chi connectivity index (χ0) is 20.0. The Morgan fingerprint density at radius 1 is 1.37 bits per heavy atom. The van der Waals surface area contributed by atoms with E-state index in [-0.39, 0.29) is 23.7 Å². The molecule has 1 aromatic rings. The molecule has 1 aromatic carbocycles. The lowest BCUT2D eigenvalue weighted by Crippen LogP contribution is -2.45. The molecule has 1 saturated heterocycles. The molecule has 0 radical (unpaired) electrons. The summed E-state index contributed by atoms with van der Waals surface area (Å²) >= 11 is 0. The second-order valence-electron chi connectivity index (χ2n) is 7.08. The number of carbonyl (C=O) groups excluding carboxylic acids is 2. The molecule has 7 nitrogen and oxygen atoms in total. The first-order valence-corrected chi connectivity index (χ1v) is 9.36. The molecule has 2 unspecified atom stereocenters. The Balaban J connectivity index is 1.98. The van der Waals surface area contributed by atoms with Gasteiger partial charge in [-0.15, -0.1) is 0 Å². The second-order valence-corrected chi connectivity index (χ2v) is 7.08. The maximum absolute atomic E-state index is 12.7. The van der Waals surface area contributed by atoms with Gasteiger partial charge in [-0.1, -0.05) is 13.8 Å². The van der Waals surface area contributed by atoms with Crippen molar-refractivity contribution >= 4 is 23.5 Å². The summed E-state index contributed by atoms with van der Waals surface area (Å²) in [7, 11) is 0. The van der Waals surface area contributed by atoms with Gasteiger partial charge in [0, 0.05) is 24.7 Å². The standard InChI is InChI=1S/C20H28N2O5/c1-4-13(2)20(26)22-9-5-6-15(11-22)19(25)21-17-8-7-16(10-14(17)3)27-12-18(23)24/h7-8,10,13,15H,4-6,9,11-12H2,1-3H3,(H,21,25)(H,23,24). The molecule has 27 heavy (non-hydrogen) atoms. The van der Waals surface area contributed by atoms with Crippen LogP contribution in [0.1, 0.15) is 38.7 Å². The molecule has 2 atom stereocenters. The van der Waals surface area contributed by atoms with Crippen molar-refractivity contribution in [1.82, 2.24) is 4.90 Å². The highest BCUT2D eigenvalue weighted by Gasteiger charge is 2.30. The molecule has 0 aliphatic carbocycles. The summed E-state index contributed by atoms with van der Waals surface area (Å²) in [6.45, 7) is 6.48. The SMILES string of the molecule is CCC(C)C(=O)N1CCCC(C(=O)Nc2ccc(OCC(=O)O)cc2C)C1. The van der Waals surface area contributed by atoms with Gasteiger partial charge in [0.1, 0.15) is 5.75 Å². The zero-order valence-corrected chi connectivity index (χ0v) is 16.2. The van der Waals surface area contributed by atoms with Crippen molar-refractivity contribution < 1.29 is 24.2 Å². The number of hydrogen-bond donors (Lipinski definition) is 2. The largest absolute Gasteiger partial charge is 0.482 e. The van der Waals surface area contributed by atoms with E-state index < -0.39 is 12.6 Å². The molecule has 0 saturated carbocycles. The van der Waals surface area contributed by atoms with Crippen LogP contribution in [0, 0.1) is 18.8 Å². The Kier molecular flexibility index (Phi) is 7.21. The van der Waals surface area contributed by atoms with E-state index in [4.69, 9.17) is 9.84 Å². The van der Waals surface area contributed by atoms with Crippen LogP contribution in [0.15, 0.2) is 18.2 Å². The minimum absolute atomic E-state index is 0.0209. The lowest BCUT2D eigenvalue weighted by molar-refractivity contribution is -0.139. The maximum Gasteiger partial charge on any atom is 0.341 e. The number of benzene rings is 1. The van der Waals surface area contributed by atoms with Crippen LogP contribution < -0.4 is 10.1 Å². The first-order chi connectivity index (χ1) is 12.8. The molecule has 0 aromatic heterocycles. The number of rotatable bonds is 7.